The van der Waals surface area contributed by atoms with Crippen LogP contribution in [0.2, 0.25) is 0 Å². The molecule has 3 heterocycles. The summed E-state index contributed by atoms with van der Waals surface area (Å²) in [5.41, 5.74) is 5.33. The van der Waals surface area contributed by atoms with Crippen molar-refractivity contribution in [2.24, 2.45) is 0 Å². The Hall–Kier alpha value is -1.95. The van der Waals surface area contributed by atoms with E-state index in [-0.39, 0.29) is 5.91 Å². The second kappa shape index (κ2) is 8.42. The number of likely N-dealkylation sites (tertiary alicyclic amines) is 1. The van der Waals surface area contributed by atoms with Crippen molar-refractivity contribution in [1.82, 2.24) is 24.8 Å². The van der Waals surface area contributed by atoms with Crippen LogP contribution in [0.15, 0.2) is 6.07 Å². The fraction of sp³-hybridized carbons (Fsp3) is 0.696. The van der Waals surface area contributed by atoms with E-state index in [9.17, 15) is 4.79 Å². The van der Waals surface area contributed by atoms with Crippen molar-refractivity contribution >= 4 is 11.6 Å². The third-order valence-corrected chi connectivity index (χ3v) is 6.80. The first-order valence-electron chi connectivity index (χ1n) is 11.3. The van der Waals surface area contributed by atoms with Crippen LogP contribution in [-0.2, 0) is 11.2 Å². The van der Waals surface area contributed by atoms with Crippen molar-refractivity contribution in [1.29, 1.82) is 0 Å². The highest BCUT2D eigenvalue weighted by molar-refractivity contribution is 5.76. The summed E-state index contributed by atoms with van der Waals surface area (Å²) < 4.78 is 1.99. The Morgan fingerprint density at radius 3 is 2.69 bits per heavy atom. The Bertz CT molecular complexity index is 881. The van der Waals surface area contributed by atoms with E-state index in [0.717, 1.165) is 60.5 Å². The van der Waals surface area contributed by atoms with E-state index in [0.29, 0.717) is 24.5 Å². The van der Waals surface area contributed by atoms with Crippen molar-refractivity contribution in [3.8, 4) is 0 Å². The van der Waals surface area contributed by atoms with Gasteiger partial charge in [-0.15, -0.1) is 0 Å². The molecule has 1 unspecified atom stereocenters. The molecule has 1 aliphatic carbocycles. The number of fused-ring (bicyclic) bond motifs is 1. The highest BCUT2D eigenvalue weighted by Crippen LogP contribution is 2.33. The number of aromatic nitrogens is 3. The third-order valence-electron chi connectivity index (χ3n) is 6.80. The molecule has 6 heteroatoms. The predicted molar refractivity (Wildman–Crippen MR) is 115 cm³/mol. The van der Waals surface area contributed by atoms with Gasteiger partial charge in [-0.3, -0.25) is 9.69 Å². The third kappa shape index (κ3) is 4.18. The molecule has 0 spiro atoms. The lowest BCUT2D eigenvalue weighted by molar-refractivity contribution is -0.121. The number of hydrogen-bond acceptors (Lipinski definition) is 4. The number of rotatable bonds is 6. The molecule has 1 atom stereocenters. The van der Waals surface area contributed by atoms with Gasteiger partial charge in [0, 0.05) is 36.0 Å². The zero-order valence-electron chi connectivity index (χ0n) is 18.4. The molecule has 1 N–H and O–H groups in total. The molecule has 2 aromatic heterocycles. The van der Waals surface area contributed by atoms with E-state index >= 15 is 0 Å². The molecule has 4 rings (SSSR count). The van der Waals surface area contributed by atoms with Crippen molar-refractivity contribution in [3.05, 3.63) is 28.7 Å². The Labute approximate surface area is 174 Å². The fourth-order valence-corrected chi connectivity index (χ4v) is 5.20. The summed E-state index contributed by atoms with van der Waals surface area (Å²) in [5, 5.41) is 8.15. The van der Waals surface area contributed by atoms with Gasteiger partial charge >= 0.3 is 0 Å². The van der Waals surface area contributed by atoms with Crippen LogP contribution in [0.1, 0.15) is 87.5 Å². The molecule has 1 saturated heterocycles. The normalized spacial score (nSPS) is 20.9. The lowest BCUT2D eigenvalue weighted by Crippen LogP contribution is -2.32. The number of nitrogens with one attached hydrogen (secondary N) is 1. The highest BCUT2D eigenvalue weighted by atomic mass is 16.1. The van der Waals surface area contributed by atoms with E-state index in [1.807, 2.05) is 4.52 Å². The van der Waals surface area contributed by atoms with Crippen LogP contribution in [-0.4, -0.2) is 44.0 Å². The zero-order chi connectivity index (χ0) is 20.5. The van der Waals surface area contributed by atoms with E-state index in [4.69, 9.17) is 10.1 Å². The highest BCUT2D eigenvalue weighted by Gasteiger charge is 2.30. The van der Waals surface area contributed by atoms with Crippen LogP contribution < -0.4 is 5.32 Å². The van der Waals surface area contributed by atoms with Crippen molar-refractivity contribution in [2.45, 2.75) is 97.2 Å². The van der Waals surface area contributed by atoms with Crippen molar-refractivity contribution in [2.75, 3.05) is 6.54 Å². The monoisotopic (exact) mass is 397 g/mol. The van der Waals surface area contributed by atoms with Crippen molar-refractivity contribution in [3.63, 3.8) is 0 Å². The van der Waals surface area contributed by atoms with Gasteiger partial charge in [-0.25, -0.2) is 9.50 Å². The molecular formula is C23H35N5O. The summed E-state index contributed by atoms with van der Waals surface area (Å²) in [6.45, 7) is 9.83. The second-order valence-corrected chi connectivity index (χ2v) is 9.14. The van der Waals surface area contributed by atoms with Crippen LogP contribution >= 0.6 is 0 Å². The van der Waals surface area contributed by atoms with E-state index < -0.39 is 0 Å². The fourth-order valence-electron chi connectivity index (χ4n) is 5.20. The quantitative estimate of drug-likeness (QED) is 0.803. The van der Waals surface area contributed by atoms with Gasteiger partial charge in [0.2, 0.25) is 5.91 Å². The standard InChI is InChI=1S/C23H35N5O/c1-15(2)27-13-7-10-21(27)20-14-22-24-16(3)19(17(4)28(22)26-20)11-12-23(29)25-18-8-5-6-9-18/h14-15,18,21H,5-13H2,1-4H3,(H,25,29). The Kier molecular flexibility index (Phi) is 5.91. The molecule has 158 valence electrons. The van der Waals surface area contributed by atoms with Crippen LogP contribution in [0.5, 0.6) is 0 Å². The molecule has 29 heavy (non-hydrogen) atoms. The van der Waals surface area contributed by atoms with E-state index in [1.54, 1.807) is 0 Å². The van der Waals surface area contributed by atoms with Crippen molar-refractivity contribution < 1.29 is 4.79 Å². The van der Waals surface area contributed by atoms with Gasteiger partial charge in [0.15, 0.2) is 5.65 Å². The van der Waals surface area contributed by atoms with Crippen LogP contribution in [0, 0.1) is 13.8 Å². The molecule has 1 saturated carbocycles. The van der Waals surface area contributed by atoms with Gasteiger partial charge in [-0.1, -0.05) is 12.8 Å². The van der Waals surface area contributed by atoms with Gasteiger partial charge < -0.3 is 5.32 Å². The molecule has 1 aliphatic heterocycles. The Balaban J connectivity index is 1.52. The molecule has 0 bridgehead atoms. The molecule has 2 aliphatic rings. The average molecular weight is 398 g/mol. The lowest BCUT2D eigenvalue weighted by Gasteiger charge is -2.26. The van der Waals surface area contributed by atoms with Crippen LogP contribution in [0.4, 0.5) is 0 Å². The summed E-state index contributed by atoms with van der Waals surface area (Å²) >= 11 is 0. The first-order chi connectivity index (χ1) is 13.9. The van der Waals surface area contributed by atoms with Gasteiger partial charge in [0.25, 0.3) is 0 Å². The summed E-state index contributed by atoms with van der Waals surface area (Å²) in [7, 11) is 0. The number of carbonyl (C=O) groups excluding carboxylic acids is 1. The summed E-state index contributed by atoms with van der Waals surface area (Å²) in [6.07, 6.45) is 8.35. The SMILES string of the molecule is Cc1nc2cc(C3CCCN3C(C)C)nn2c(C)c1CCC(=O)NC1CCCC1. The Morgan fingerprint density at radius 2 is 1.97 bits per heavy atom. The zero-order valence-corrected chi connectivity index (χ0v) is 18.4. The van der Waals surface area contributed by atoms with E-state index in [1.165, 1.54) is 19.3 Å². The maximum atomic E-state index is 12.4. The lowest BCUT2D eigenvalue weighted by atomic mass is 10.1. The molecule has 0 aromatic carbocycles. The number of aryl methyl sites for hydroxylation is 2. The van der Waals surface area contributed by atoms with Gasteiger partial charge in [0.1, 0.15) is 0 Å². The maximum absolute atomic E-state index is 12.4. The largest absolute Gasteiger partial charge is 0.353 e. The summed E-state index contributed by atoms with van der Waals surface area (Å²) in [6, 6.07) is 3.45. The molecule has 0 radical (unpaired) electrons. The number of nitrogens with zero attached hydrogens (tertiary/aromatic N) is 4. The molecule has 1 amide bonds. The summed E-state index contributed by atoms with van der Waals surface area (Å²) in [5.74, 6) is 0.162. The number of hydrogen-bond donors (Lipinski definition) is 1. The first kappa shape index (κ1) is 20.3. The number of amides is 1. The van der Waals surface area contributed by atoms with Gasteiger partial charge in [-0.05, 0) is 71.9 Å². The minimum atomic E-state index is 0.162. The van der Waals surface area contributed by atoms with Crippen LogP contribution in [0.3, 0.4) is 0 Å². The molecule has 2 aromatic rings. The maximum Gasteiger partial charge on any atom is 0.220 e. The smallest absolute Gasteiger partial charge is 0.220 e. The molecule has 2 fully saturated rings. The predicted octanol–water partition coefficient (Wildman–Crippen LogP) is 3.88. The minimum absolute atomic E-state index is 0.162. The number of carbonyl (C=O) groups is 1. The van der Waals surface area contributed by atoms with E-state index in [2.05, 4.69) is 44.0 Å². The van der Waals surface area contributed by atoms with Crippen LogP contribution in [0.25, 0.3) is 5.65 Å². The average Bonchev–Trinajstić information content (AvgIpc) is 3.41. The topological polar surface area (TPSA) is 62.5 Å². The van der Waals surface area contributed by atoms with Gasteiger partial charge in [-0.2, -0.15) is 5.10 Å². The molecule has 6 nitrogen and oxygen atoms in total. The molecular weight excluding hydrogens is 362 g/mol. The minimum Gasteiger partial charge on any atom is -0.353 e. The first-order valence-corrected chi connectivity index (χ1v) is 11.3. The Morgan fingerprint density at radius 1 is 1.21 bits per heavy atom. The van der Waals surface area contributed by atoms with Gasteiger partial charge in [0.05, 0.1) is 11.7 Å². The summed E-state index contributed by atoms with van der Waals surface area (Å²) in [4.78, 5) is 19.7. The second-order valence-electron chi connectivity index (χ2n) is 9.14.